The lowest BCUT2D eigenvalue weighted by atomic mass is 10.2. The Morgan fingerprint density at radius 1 is 1.19 bits per heavy atom. The van der Waals surface area contributed by atoms with Gasteiger partial charge in [-0.05, 0) is 36.8 Å². The lowest BCUT2D eigenvalue weighted by Crippen LogP contribution is -2.05. The fraction of sp³-hybridized carbons (Fsp3) is 0.158. The van der Waals surface area contributed by atoms with Gasteiger partial charge < -0.3 is 15.0 Å². The Kier molecular flexibility index (Phi) is 4.29. The predicted molar refractivity (Wildman–Crippen MR) is 101 cm³/mol. The van der Waals surface area contributed by atoms with Crippen molar-refractivity contribution in [2.24, 2.45) is 0 Å². The fourth-order valence-electron chi connectivity index (χ4n) is 2.95. The topological polar surface area (TPSA) is 97.9 Å². The molecular formula is C19H18N6O2. The average Bonchev–Trinajstić information content (AvgIpc) is 3.28. The van der Waals surface area contributed by atoms with E-state index in [9.17, 15) is 4.79 Å². The highest BCUT2D eigenvalue weighted by atomic mass is 16.4. The molecule has 0 radical (unpaired) electrons. The van der Waals surface area contributed by atoms with Crippen LogP contribution in [0, 0.1) is 0 Å². The van der Waals surface area contributed by atoms with E-state index in [1.54, 1.807) is 46.3 Å². The SMILES string of the molecule is CCNc1ccc2cnn(-c3cncc(-n4ccc(CC(=O)O)c4)n3)c2c1. The first-order chi connectivity index (χ1) is 13.1. The highest BCUT2D eigenvalue weighted by Gasteiger charge is 2.10. The predicted octanol–water partition coefficient (Wildman–Crippen LogP) is 2.67. The number of anilines is 1. The molecule has 0 aliphatic heterocycles. The van der Waals surface area contributed by atoms with E-state index < -0.39 is 5.97 Å². The standard InChI is InChI=1S/C19H18N6O2/c1-2-21-15-4-3-14-9-22-25(16(14)8-15)18-11-20-10-17(23-18)24-6-5-13(12-24)7-19(26)27/h3-6,8-12,21H,2,7H2,1H3,(H,26,27). The molecule has 8 nitrogen and oxygen atoms in total. The molecule has 27 heavy (non-hydrogen) atoms. The summed E-state index contributed by atoms with van der Waals surface area (Å²) in [5.74, 6) is 0.312. The summed E-state index contributed by atoms with van der Waals surface area (Å²) in [4.78, 5) is 19.8. The number of nitrogens with one attached hydrogen (secondary N) is 1. The van der Waals surface area contributed by atoms with Gasteiger partial charge in [-0.25, -0.2) is 9.67 Å². The second-order valence-corrected chi connectivity index (χ2v) is 6.09. The van der Waals surface area contributed by atoms with Crippen molar-refractivity contribution < 1.29 is 9.90 Å². The molecule has 1 aromatic carbocycles. The van der Waals surface area contributed by atoms with Crippen LogP contribution in [0.5, 0.6) is 0 Å². The molecule has 4 aromatic rings. The average molecular weight is 362 g/mol. The van der Waals surface area contributed by atoms with Crippen molar-refractivity contribution >= 4 is 22.6 Å². The van der Waals surface area contributed by atoms with E-state index in [0.29, 0.717) is 17.2 Å². The lowest BCUT2D eigenvalue weighted by molar-refractivity contribution is -0.136. The minimum atomic E-state index is -0.868. The molecule has 8 heteroatoms. The Bertz CT molecular complexity index is 1110. The zero-order valence-corrected chi connectivity index (χ0v) is 14.7. The van der Waals surface area contributed by atoms with Crippen molar-refractivity contribution in [3.63, 3.8) is 0 Å². The molecule has 136 valence electrons. The lowest BCUT2D eigenvalue weighted by Gasteiger charge is -2.07. The highest BCUT2D eigenvalue weighted by molar-refractivity contribution is 5.83. The van der Waals surface area contributed by atoms with Crippen molar-refractivity contribution in [2.75, 3.05) is 11.9 Å². The zero-order chi connectivity index (χ0) is 18.8. The smallest absolute Gasteiger partial charge is 0.307 e. The third-order valence-electron chi connectivity index (χ3n) is 4.15. The summed E-state index contributed by atoms with van der Waals surface area (Å²) in [6.45, 7) is 2.88. The molecule has 0 saturated heterocycles. The molecule has 0 aliphatic rings. The molecule has 0 spiro atoms. The van der Waals surface area contributed by atoms with E-state index in [0.717, 1.165) is 23.1 Å². The minimum absolute atomic E-state index is 0.0306. The largest absolute Gasteiger partial charge is 0.481 e. The van der Waals surface area contributed by atoms with Gasteiger partial charge in [0.2, 0.25) is 0 Å². The van der Waals surface area contributed by atoms with Crippen molar-refractivity contribution in [1.29, 1.82) is 0 Å². The first-order valence-corrected chi connectivity index (χ1v) is 8.57. The number of aromatic nitrogens is 5. The van der Waals surface area contributed by atoms with E-state index in [-0.39, 0.29) is 6.42 Å². The Hall–Kier alpha value is -3.68. The molecule has 0 amide bonds. The maximum absolute atomic E-state index is 10.9. The minimum Gasteiger partial charge on any atom is -0.481 e. The first kappa shape index (κ1) is 16.8. The molecule has 4 rings (SSSR count). The summed E-state index contributed by atoms with van der Waals surface area (Å²) in [6.07, 6.45) is 8.56. The number of benzene rings is 1. The molecule has 0 unspecified atom stereocenters. The summed E-state index contributed by atoms with van der Waals surface area (Å²) in [7, 11) is 0. The van der Waals surface area contributed by atoms with Gasteiger partial charge >= 0.3 is 5.97 Å². The quantitative estimate of drug-likeness (QED) is 0.547. The van der Waals surface area contributed by atoms with Crippen molar-refractivity contribution in [1.82, 2.24) is 24.3 Å². The monoisotopic (exact) mass is 362 g/mol. The third-order valence-corrected chi connectivity index (χ3v) is 4.15. The number of carboxylic acid groups (broad SMARTS) is 1. The molecule has 3 heterocycles. The van der Waals surface area contributed by atoms with Crippen molar-refractivity contribution in [3.05, 3.63) is 60.8 Å². The van der Waals surface area contributed by atoms with E-state index >= 15 is 0 Å². The summed E-state index contributed by atoms with van der Waals surface area (Å²) in [6, 6.07) is 7.82. The van der Waals surface area contributed by atoms with Gasteiger partial charge in [-0.3, -0.25) is 9.78 Å². The van der Waals surface area contributed by atoms with E-state index in [1.165, 1.54) is 0 Å². The first-order valence-electron chi connectivity index (χ1n) is 8.57. The van der Waals surface area contributed by atoms with Gasteiger partial charge in [-0.1, -0.05) is 0 Å². The van der Waals surface area contributed by atoms with Crippen LogP contribution in [-0.2, 0) is 11.2 Å². The van der Waals surface area contributed by atoms with Gasteiger partial charge in [-0.2, -0.15) is 5.10 Å². The van der Waals surface area contributed by atoms with Gasteiger partial charge in [0.25, 0.3) is 0 Å². The van der Waals surface area contributed by atoms with Gasteiger partial charge in [0.05, 0.1) is 30.5 Å². The van der Waals surface area contributed by atoms with Crippen LogP contribution in [0.25, 0.3) is 22.5 Å². The summed E-state index contributed by atoms with van der Waals surface area (Å²) < 4.78 is 3.50. The van der Waals surface area contributed by atoms with Crippen LogP contribution >= 0.6 is 0 Å². The Labute approximate surface area is 155 Å². The Morgan fingerprint density at radius 3 is 2.85 bits per heavy atom. The van der Waals surface area contributed by atoms with Crippen LogP contribution in [0.15, 0.2) is 55.2 Å². The molecular weight excluding hydrogens is 344 g/mol. The second-order valence-electron chi connectivity index (χ2n) is 6.09. The second kappa shape index (κ2) is 6.91. The van der Waals surface area contributed by atoms with E-state index in [1.807, 2.05) is 25.1 Å². The number of aliphatic carboxylic acids is 1. The van der Waals surface area contributed by atoms with Crippen molar-refractivity contribution in [2.45, 2.75) is 13.3 Å². The van der Waals surface area contributed by atoms with Crippen LogP contribution in [0.1, 0.15) is 12.5 Å². The number of rotatable bonds is 6. The van der Waals surface area contributed by atoms with Gasteiger partial charge in [-0.15, -0.1) is 0 Å². The molecule has 0 saturated carbocycles. The third kappa shape index (κ3) is 3.37. The highest BCUT2D eigenvalue weighted by Crippen LogP contribution is 2.21. The maximum Gasteiger partial charge on any atom is 0.307 e. The van der Waals surface area contributed by atoms with Crippen LogP contribution < -0.4 is 5.32 Å². The number of carboxylic acids is 1. The van der Waals surface area contributed by atoms with Crippen LogP contribution in [0.2, 0.25) is 0 Å². The molecule has 2 N–H and O–H groups in total. The molecule has 0 fully saturated rings. The summed E-state index contributed by atoms with van der Waals surface area (Å²) in [5.41, 5.74) is 2.65. The number of hydrogen-bond acceptors (Lipinski definition) is 5. The van der Waals surface area contributed by atoms with Crippen LogP contribution in [0.4, 0.5) is 5.69 Å². The number of fused-ring (bicyclic) bond motifs is 1. The number of hydrogen-bond donors (Lipinski definition) is 2. The van der Waals surface area contributed by atoms with Crippen LogP contribution in [0.3, 0.4) is 0 Å². The van der Waals surface area contributed by atoms with Gasteiger partial charge in [0.15, 0.2) is 11.6 Å². The zero-order valence-electron chi connectivity index (χ0n) is 14.7. The van der Waals surface area contributed by atoms with Gasteiger partial charge in [0.1, 0.15) is 0 Å². The van der Waals surface area contributed by atoms with Crippen molar-refractivity contribution in [3.8, 4) is 11.6 Å². The van der Waals surface area contributed by atoms with E-state index in [2.05, 4.69) is 20.4 Å². The van der Waals surface area contributed by atoms with E-state index in [4.69, 9.17) is 5.11 Å². The van der Waals surface area contributed by atoms with Gasteiger partial charge in [0, 0.05) is 30.0 Å². The fourth-order valence-corrected chi connectivity index (χ4v) is 2.95. The molecule has 0 bridgehead atoms. The van der Waals surface area contributed by atoms with Crippen LogP contribution in [-0.4, -0.2) is 41.9 Å². The molecule has 0 atom stereocenters. The summed E-state index contributed by atoms with van der Waals surface area (Å²) in [5, 5.41) is 17.7. The summed E-state index contributed by atoms with van der Waals surface area (Å²) >= 11 is 0. The Morgan fingerprint density at radius 2 is 2.04 bits per heavy atom. The normalized spacial score (nSPS) is 11.0. The maximum atomic E-state index is 10.9. The molecule has 3 aromatic heterocycles. The Balaban J connectivity index is 1.72. The molecule has 0 aliphatic carbocycles. The number of nitrogens with zero attached hydrogens (tertiary/aromatic N) is 5. The number of carbonyl (C=O) groups is 1.